The lowest BCUT2D eigenvalue weighted by molar-refractivity contribution is 0.426. The van der Waals surface area contributed by atoms with Crippen molar-refractivity contribution in [2.45, 2.75) is 39.2 Å². The summed E-state index contributed by atoms with van der Waals surface area (Å²) in [6, 6.07) is 6.46. The van der Waals surface area contributed by atoms with Crippen molar-refractivity contribution in [3.8, 4) is 0 Å². The lowest BCUT2D eigenvalue weighted by Gasteiger charge is -2.12. The monoisotopic (exact) mass is 244 g/mol. The van der Waals surface area contributed by atoms with Gasteiger partial charge < -0.3 is 5.73 Å². The SMILES string of the molecule is CCC(CC)n1ccc(Cc2cccnc2N)n1. The molecular formula is C14H20N4. The van der Waals surface area contributed by atoms with Crippen LogP contribution in [0.3, 0.4) is 0 Å². The number of pyridine rings is 1. The molecular weight excluding hydrogens is 224 g/mol. The molecule has 2 aromatic rings. The van der Waals surface area contributed by atoms with Crippen LogP contribution in [0, 0.1) is 0 Å². The van der Waals surface area contributed by atoms with Crippen LogP contribution >= 0.6 is 0 Å². The maximum Gasteiger partial charge on any atom is 0.126 e. The summed E-state index contributed by atoms with van der Waals surface area (Å²) in [7, 11) is 0. The molecule has 4 heteroatoms. The molecule has 0 amide bonds. The Labute approximate surface area is 108 Å². The van der Waals surface area contributed by atoms with Gasteiger partial charge in [-0.1, -0.05) is 19.9 Å². The quantitative estimate of drug-likeness (QED) is 0.879. The van der Waals surface area contributed by atoms with E-state index in [1.807, 2.05) is 12.1 Å². The molecule has 0 aliphatic heterocycles. The first-order valence-corrected chi connectivity index (χ1v) is 6.48. The van der Waals surface area contributed by atoms with E-state index in [4.69, 9.17) is 5.73 Å². The molecule has 2 aromatic heterocycles. The Morgan fingerprint density at radius 1 is 1.28 bits per heavy atom. The van der Waals surface area contributed by atoms with Crippen molar-refractivity contribution in [1.29, 1.82) is 0 Å². The minimum atomic E-state index is 0.491. The van der Waals surface area contributed by atoms with Crippen LogP contribution in [0.2, 0.25) is 0 Å². The number of hydrogen-bond donors (Lipinski definition) is 1. The molecule has 0 radical (unpaired) electrons. The molecule has 0 atom stereocenters. The zero-order valence-electron chi connectivity index (χ0n) is 11.0. The molecule has 0 fully saturated rings. The van der Waals surface area contributed by atoms with Crippen molar-refractivity contribution in [2.75, 3.05) is 5.73 Å². The highest BCUT2D eigenvalue weighted by Gasteiger charge is 2.09. The fourth-order valence-corrected chi connectivity index (χ4v) is 2.13. The van der Waals surface area contributed by atoms with Gasteiger partial charge in [-0.2, -0.15) is 5.10 Å². The van der Waals surface area contributed by atoms with Crippen LogP contribution in [0.4, 0.5) is 5.82 Å². The van der Waals surface area contributed by atoms with Crippen molar-refractivity contribution in [1.82, 2.24) is 14.8 Å². The number of hydrogen-bond acceptors (Lipinski definition) is 3. The maximum atomic E-state index is 5.84. The highest BCUT2D eigenvalue weighted by Crippen LogP contribution is 2.17. The smallest absolute Gasteiger partial charge is 0.126 e. The molecule has 4 nitrogen and oxygen atoms in total. The van der Waals surface area contributed by atoms with Gasteiger partial charge in [0.05, 0.1) is 11.7 Å². The maximum absolute atomic E-state index is 5.84. The van der Waals surface area contributed by atoms with Gasteiger partial charge in [-0.3, -0.25) is 4.68 Å². The van der Waals surface area contributed by atoms with E-state index in [0.29, 0.717) is 11.9 Å². The Hall–Kier alpha value is -1.84. The largest absolute Gasteiger partial charge is 0.383 e. The van der Waals surface area contributed by atoms with E-state index >= 15 is 0 Å². The van der Waals surface area contributed by atoms with Gasteiger partial charge in [0.15, 0.2) is 0 Å². The first-order valence-electron chi connectivity index (χ1n) is 6.48. The third-order valence-electron chi connectivity index (χ3n) is 3.28. The van der Waals surface area contributed by atoms with Crippen LogP contribution < -0.4 is 5.73 Å². The average molecular weight is 244 g/mol. The molecule has 0 aromatic carbocycles. The van der Waals surface area contributed by atoms with E-state index in [-0.39, 0.29) is 0 Å². The zero-order valence-corrected chi connectivity index (χ0v) is 11.0. The van der Waals surface area contributed by atoms with Gasteiger partial charge in [-0.15, -0.1) is 0 Å². The predicted octanol–water partition coefficient (Wildman–Crippen LogP) is 2.81. The van der Waals surface area contributed by atoms with Crippen LogP contribution in [-0.2, 0) is 6.42 Å². The fourth-order valence-electron chi connectivity index (χ4n) is 2.13. The van der Waals surface area contributed by atoms with Gasteiger partial charge in [0.1, 0.15) is 5.82 Å². The lowest BCUT2D eigenvalue weighted by Crippen LogP contribution is -2.08. The molecule has 96 valence electrons. The lowest BCUT2D eigenvalue weighted by atomic mass is 10.1. The van der Waals surface area contributed by atoms with Crippen LogP contribution in [0.5, 0.6) is 0 Å². The molecule has 0 bridgehead atoms. The van der Waals surface area contributed by atoms with Gasteiger partial charge >= 0.3 is 0 Å². The third-order valence-corrected chi connectivity index (χ3v) is 3.28. The molecule has 2 rings (SSSR count). The van der Waals surface area contributed by atoms with Crippen LogP contribution in [0.25, 0.3) is 0 Å². The molecule has 0 aliphatic carbocycles. The Bertz CT molecular complexity index is 500. The normalized spacial score (nSPS) is 11.1. The number of anilines is 1. The van der Waals surface area contributed by atoms with E-state index in [9.17, 15) is 0 Å². The Morgan fingerprint density at radius 3 is 2.72 bits per heavy atom. The van der Waals surface area contributed by atoms with Crippen molar-refractivity contribution < 1.29 is 0 Å². The van der Waals surface area contributed by atoms with Crippen molar-refractivity contribution in [2.24, 2.45) is 0 Å². The fraction of sp³-hybridized carbons (Fsp3) is 0.429. The van der Waals surface area contributed by atoms with Crippen molar-refractivity contribution in [3.63, 3.8) is 0 Å². The van der Waals surface area contributed by atoms with Gasteiger partial charge in [0.2, 0.25) is 0 Å². The Kier molecular flexibility index (Phi) is 3.97. The summed E-state index contributed by atoms with van der Waals surface area (Å²) < 4.78 is 2.06. The minimum absolute atomic E-state index is 0.491. The van der Waals surface area contributed by atoms with Crippen molar-refractivity contribution in [3.05, 3.63) is 41.9 Å². The van der Waals surface area contributed by atoms with Gasteiger partial charge in [0, 0.05) is 24.4 Å². The van der Waals surface area contributed by atoms with E-state index in [0.717, 1.165) is 30.5 Å². The van der Waals surface area contributed by atoms with Gasteiger partial charge in [-0.25, -0.2) is 4.98 Å². The molecule has 0 aliphatic rings. The van der Waals surface area contributed by atoms with Crippen LogP contribution in [-0.4, -0.2) is 14.8 Å². The van der Waals surface area contributed by atoms with Gasteiger partial charge in [0.25, 0.3) is 0 Å². The number of aromatic nitrogens is 3. The molecule has 0 unspecified atom stereocenters. The van der Waals surface area contributed by atoms with E-state index in [2.05, 4.69) is 40.9 Å². The number of nitrogens with two attached hydrogens (primary N) is 1. The van der Waals surface area contributed by atoms with E-state index < -0.39 is 0 Å². The minimum Gasteiger partial charge on any atom is -0.383 e. The standard InChI is InChI=1S/C14H20N4/c1-3-13(4-2)18-9-7-12(17-18)10-11-6-5-8-16-14(11)15/h5-9,13H,3-4,10H2,1-2H3,(H2,15,16). The highest BCUT2D eigenvalue weighted by molar-refractivity contribution is 5.40. The van der Waals surface area contributed by atoms with Crippen molar-refractivity contribution >= 4 is 5.82 Å². The number of nitrogen functional groups attached to an aromatic ring is 1. The Balaban J connectivity index is 2.14. The zero-order chi connectivity index (χ0) is 13.0. The van der Waals surface area contributed by atoms with Gasteiger partial charge in [-0.05, 0) is 25.0 Å². The molecule has 0 spiro atoms. The number of nitrogens with zero attached hydrogens (tertiary/aromatic N) is 3. The third kappa shape index (κ3) is 2.70. The highest BCUT2D eigenvalue weighted by atomic mass is 15.3. The van der Waals surface area contributed by atoms with E-state index in [1.165, 1.54) is 0 Å². The summed E-state index contributed by atoms with van der Waals surface area (Å²) in [5.41, 5.74) is 7.92. The summed E-state index contributed by atoms with van der Waals surface area (Å²) in [6.07, 6.45) is 6.72. The summed E-state index contributed by atoms with van der Waals surface area (Å²) >= 11 is 0. The second-order valence-electron chi connectivity index (χ2n) is 4.48. The molecule has 0 saturated carbocycles. The molecule has 0 saturated heterocycles. The summed E-state index contributed by atoms with van der Waals surface area (Å²) in [5, 5.41) is 4.62. The van der Waals surface area contributed by atoms with Crippen LogP contribution in [0.1, 0.15) is 44.0 Å². The first-order chi connectivity index (χ1) is 8.74. The number of rotatable bonds is 5. The molecule has 2 heterocycles. The second-order valence-corrected chi connectivity index (χ2v) is 4.48. The summed E-state index contributed by atoms with van der Waals surface area (Å²) in [6.45, 7) is 4.38. The summed E-state index contributed by atoms with van der Waals surface area (Å²) in [5.74, 6) is 0.592. The topological polar surface area (TPSA) is 56.7 Å². The van der Waals surface area contributed by atoms with Crippen LogP contribution in [0.15, 0.2) is 30.6 Å². The average Bonchev–Trinajstić information content (AvgIpc) is 2.82. The molecule has 18 heavy (non-hydrogen) atoms. The molecule has 2 N–H and O–H groups in total. The predicted molar refractivity (Wildman–Crippen MR) is 73.3 cm³/mol. The second kappa shape index (κ2) is 5.67. The Morgan fingerprint density at radius 2 is 2.06 bits per heavy atom. The first kappa shape index (κ1) is 12.6. The van der Waals surface area contributed by atoms with E-state index in [1.54, 1.807) is 6.20 Å². The summed E-state index contributed by atoms with van der Waals surface area (Å²) in [4.78, 5) is 4.09.